The van der Waals surface area contributed by atoms with Gasteiger partial charge in [-0.2, -0.15) is 0 Å². The first-order chi connectivity index (χ1) is 17.1. The molecule has 2 aliphatic heterocycles. The molecule has 184 valence electrons. The van der Waals surface area contributed by atoms with Crippen LogP contribution in [0.1, 0.15) is 30.7 Å². The number of benzene rings is 2. The van der Waals surface area contributed by atoms with Gasteiger partial charge in [0.15, 0.2) is 5.84 Å². The van der Waals surface area contributed by atoms with E-state index in [4.69, 9.17) is 9.57 Å². The Hall–Kier alpha value is -3.65. The van der Waals surface area contributed by atoms with Gasteiger partial charge < -0.3 is 24.4 Å². The number of hydrogen-bond acceptors (Lipinski definition) is 6. The van der Waals surface area contributed by atoms with Crippen molar-refractivity contribution in [2.75, 3.05) is 33.4 Å². The van der Waals surface area contributed by atoms with Crippen molar-refractivity contribution in [1.29, 1.82) is 0 Å². The standard InChI is InChI=1S/C25H26FN5O2.C2H6/c1-18-14-30(17-28-18)22-9-3-19(13-23(22)32-2)4-10-24-29-33-16-25(15-27-11-12-31(24)25)20-5-7-21(26)8-6-20;1-2/h3-10,13-14,17,27H,11-12,15-16H2,1-2H3;1-2H3/b10-4+;. The van der Waals surface area contributed by atoms with E-state index in [1.807, 2.05) is 74.0 Å². The largest absolute Gasteiger partial charge is 0.495 e. The fourth-order valence-electron chi connectivity index (χ4n) is 4.47. The molecule has 0 spiro atoms. The fourth-order valence-corrected chi connectivity index (χ4v) is 4.47. The molecule has 3 heterocycles. The van der Waals surface area contributed by atoms with E-state index < -0.39 is 5.54 Å². The van der Waals surface area contributed by atoms with Crippen LogP contribution in [-0.4, -0.2) is 53.6 Å². The summed E-state index contributed by atoms with van der Waals surface area (Å²) in [4.78, 5) is 12.2. The highest BCUT2D eigenvalue weighted by molar-refractivity contribution is 5.97. The van der Waals surface area contributed by atoms with Gasteiger partial charge in [-0.25, -0.2) is 9.37 Å². The number of fused-ring (bicyclic) bond motifs is 1. The minimum atomic E-state index is -0.436. The number of methoxy groups -OCH3 is 1. The summed E-state index contributed by atoms with van der Waals surface area (Å²) in [5, 5.41) is 7.79. The molecule has 7 nitrogen and oxygen atoms in total. The van der Waals surface area contributed by atoms with Crippen molar-refractivity contribution in [2.24, 2.45) is 5.16 Å². The summed E-state index contributed by atoms with van der Waals surface area (Å²) >= 11 is 0. The van der Waals surface area contributed by atoms with E-state index in [0.29, 0.717) is 13.2 Å². The van der Waals surface area contributed by atoms with Crippen molar-refractivity contribution < 1.29 is 14.0 Å². The highest BCUT2D eigenvalue weighted by atomic mass is 19.1. The van der Waals surface area contributed by atoms with Crippen LogP contribution in [0.4, 0.5) is 4.39 Å². The van der Waals surface area contributed by atoms with E-state index in [2.05, 4.69) is 20.4 Å². The second kappa shape index (κ2) is 10.7. The Balaban J connectivity index is 0.00000141. The van der Waals surface area contributed by atoms with Crippen LogP contribution in [0.5, 0.6) is 5.75 Å². The predicted molar refractivity (Wildman–Crippen MR) is 136 cm³/mol. The molecule has 0 bridgehead atoms. The minimum Gasteiger partial charge on any atom is -0.495 e. The number of aromatic nitrogens is 2. The van der Waals surface area contributed by atoms with Gasteiger partial charge in [-0.05, 0) is 48.4 Å². The summed E-state index contributed by atoms with van der Waals surface area (Å²) in [5.74, 6) is 1.23. The quantitative estimate of drug-likeness (QED) is 0.586. The maximum atomic E-state index is 13.5. The SMILES string of the molecule is CC.COc1cc(/C=C/C2=NOCC3(c4ccc(F)cc4)CNCCN23)ccc1-n1cnc(C)c1. The molecule has 8 heteroatoms. The molecule has 1 saturated heterocycles. The van der Waals surface area contributed by atoms with Crippen LogP contribution >= 0.6 is 0 Å². The summed E-state index contributed by atoms with van der Waals surface area (Å²) in [7, 11) is 1.66. The van der Waals surface area contributed by atoms with Gasteiger partial charge in [-0.3, -0.25) is 0 Å². The van der Waals surface area contributed by atoms with E-state index in [1.54, 1.807) is 13.4 Å². The maximum absolute atomic E-state index is 13.5. The average molecular weight is 478 g/mol. The van der Waals surface area contributed by atoms with Gasteiger partial charge in [0, 0.05) is 25.8 Å². The number of imidazole rings is 1. The zero-order valence-electron chi connectivity index (χ0n) is 20.7. The second-order valence-corrected chi connectivity index (χ2v) is 8.28. The molecule has 1 fully saturated rings. The molecular formula is C27H32FN5O2. The van der Waals surface area contributed by atoms with Crippen LogP contribution in [0, 0.1) is 12.7 Å². The molecule has 35 heavy (non-hydrogen) atoms. The van der Waals surface area contributed by atoms with E-state index in [9.17, 15) is 4.39 Å². The molecule has 2 aromatic carbocycles. The molecule has 1 N–H and O–H groups in total. The van der Waals surface area contributed by atoms with Crippen molar-refractivity contribution in [3.63, 3.8) is 0 Å². The third kappa shape index (κ3) is 4.93. The highest BCUT2D eigenvalue weighted by Crippen LogP contribution is 2.34. The van der Waals surface area contributed by atoms with Gasteiger partial charge in [0.2, 0.25) is 0 Å². The van der Waals surface area contributed by atoms with E-state index in [1.165, 1.54) is 12.1 Å². The van der Waals surface area contributed by atoms with Crippen molar-refractivity contribution in [3.05, 3.63) is 83.7 Å². The highest BCUT2D eigenvalue weighted by Gasteiger charge is 2.45. The van der Waals surface area contributed by atoms with Crippen molar-refractivity contribution >= 4 is 11.9 Å². The maximum Gasteiger partial charge on any atom is 0.169 e. The second-order valence-electron chi connectivity index (χ2n) is 8.28. The first-order valence-electron chi connectivity index (χ1n) is 11.9. The number of halogens is 1. The molecule has 2 aliphatic rings. The van der Waals surface area contributed by atoms with Gasteiger partial charge in [0.1, 0.15) is 23.7 Å². The predicted octanol–water partition coefficient (Wildman–Crippen LogP) is 4.51. The molecular weight excluding hydrogens is 445 g/mol. The Labute approximate surface area is 205 Å². The average Bonchev–Trinajstić information content (AvgIpc) is 3.34. The zero-order chi connectivity index (χ0) is 24.8. The zero-order valence-corrected chi connectivity index (χ0v) is 20.7. The van der Waals surface area contributed by atoms with Gasteiger partial charge in [0.05, 0.1) is 24.8 Å². The van der Waals surface area contributed by atoms with Crippen LogP contribution in [0.15, 0.2) is 66.2 Å². The molecule has 1 atom stereocenters. The lowest BCUT2D eigenvalue weighted by atomic mass is 9.86. The summed E-state index contributed by atoms with van der Waals surface area (Å²) in [6, 6.07) is 12.7. The van der Waals surface area contributed by atoms with E-state index >= 15 is 0 Å². The van der Waals surface area contributed by atoms with Crippen molar-refractivity contribution in [1.82, 2.24) is 19.8 Å². The van der Waals surface area contributed by atoms with E-state index in [-0.39, 0.29) is 5.82 Å². The van der Waals surface area contributed by atoms with E-state index in [0.717, 1.165) is 47.2 Å². The first kappa shape index (κ1) is 24.5. The molecule has 0 saturated carbocycles. The van der Waals surface area contributed by atoms with Crippen molar-refractivity contribution in [2.45, 2.75) is 26.3 Å². The number of nitrogens with one attached hydrogen (secondary N) is 1. The van der Waals surface area contributed by atoms with Gasteiger partial charge in [-0.15, -0.1) is 0 Å². The first-order valence-corrected chi connectivity index (χ1v) is 11.9. The number of aryl methyl sites for hydroxylation is 1. The lowest BCUT2D eigenvalue weighted by molar-refractivity contribution is -0.0154. The normalized spacial score (nSPS) is 19.3. The van der Waals surface area contributed by atoms with Crippen LogP contribution in [-0.2, 0) is 10.4 Å². The van der Waals surface area contributed by atoms with Crippen LogP contribution in [0.2, 0.25) is 0 Å². The Morgan fingerprint density at radius 1 is 1.14 bits per heavy atom. The van der Waals surface area contributed by atoms with Gasteiger partial charge in [0.25, 0.3) is 0 Å². The summed E-state index contributed by atoms with van der Waals surface area (Å²) in [5.41, 5.74) is 3.40. The number of ether oxygens (including phenoxy) is 1. The monoisotopic (exact) mass is 477 g/mol. The lowest BCUT2D eigenvalue weighted by Crippen LogP contribution is -2.64. The molecule has 0 amide bonds. The lowest BCUT2D eigenvalue weighted by Gasteiger charge is -2.49. The topological polar surface area (TPSA) is 63.9 Å². The molecule has 0 radical (unpaired) electrons. The van der Waals surface area contributed by atoms with Crippen LogP contribution in [0.3, 0.4) is 0 Å². The summed E-state index contributed by atoms with van der Waals surface area (Å²) in [6.07, 6.45) is 7.69. The number of rotatable bonds is 5. The third-order valence-corrected chi connectivity index (χ3v) is 6.18. The number of amidine groups is 1. The Kier molecular flexibility index (Phi) is 7.51. The number of nitrogens with zero attached hydrogens (tertiary/aromatic N) is 4. The van der Waals surface area contributed by atoms with Gasteiger partial charge >= 0.3 is 0 Å². The van der Waals surface area contributed by atoms with Crippen LogP contribution in [0.25, 0.3) is 11.8 Å². The summed E-state index contributed by atoms with van der Waals surface area (Å²) in [6.45, 7) is 8.65. The van der Waals surface area contributed by atoms with Gasteiger partial charge in [-0.1, -0.05) is 43.3 Å². The minimum absolute atomic E-state index is 0.251. The third-order valence-electron chi connectivity index (χ3n) is 6.18. The molecule has 5 rings (SSSR count). The Morgan fingerprint density at radius 3 is 2.66 bits per heavy atom. The molecule has 3 aromatic rings. The molecule has 1 aromatic heterocycles. The van der Waals surface area contributed by atoms with Crippen molar-refractivity contribution in [3.8, 4) is 11.4 Å². The number of piperazine rings is 1. The van der Waals surface area contributed by atoms with Crippen LogP contribution < -0.4 is 10.1 Å². The smallest absolute Gasteiger partial charge is 0.169 e. The number of oxime groups is 1. The Morgan fingerprint density at radius 2 is 1.94 bits per heavy atom. The number of hydrogen-bond donors (Lipinski definition) is 1. The summed E-state index contributed by atoms with van der Waals surface area (Å²) < 4.78 is 21.1. The molecule has 0 aliphatic carbocycles. The fraction of sp³-hybridized carbons (Fsp3) is 0.333. The Bertz CT molecular complexity index is 1200. The molecule has 1 unspecified atom stereocenters.